The Labute approximate surface area is 119 Å². The summed E-state index contributed by atoms with van der Waals surface area (Å²) < 4.78 is 39.7. The van der Waals surface area contributed by atoms with E-state index in [1.165, 1.54) is 22.5 Å². The Morgan fingerprint density at radius 2 is 1.95 bits per heavy atom. The Balaban J connectivity index is 2.15. The Bertz CT molecular complexity index is 593. The summed E-state index contributed by atoms with van der Waals surface area (Å²) in [7, 11) is -3.53. The molecule has 1 aromatic carbocycles. The molecule has 2 rings (SSSR count). The van der Waals surface area contributed by atoms with Gasteiger partial charge in [0.15, 0.2) is 0 Å². The molecule has 110 valence electrons. The standard InChI is InChI=1S/C14H19FN2O2S/c1-3-6-16-7-9-17(10-8-16)20(18,19)13-4-5-14(15)12(2)11-13/h3-5,11H,1,6-10H2,2H3. The van der Waals surface area contributed by atoms with Crippen LogP contribution in [0.4, 0.5) is 4.39 Å². The number of aryl methyl sites for hydroxylation is 1. The second kappa shape index (κ2) is 6.03. The predicted octanol–water partition coefficient (Wildman–Crippen LogP) is 1.63. The number of hydrogen-bond acceptors (Lipinski definition) is 3. The van der Waals surface area contributed by atoms with Crippen LogP contribution >= 0.6 is 0 Å². The van der Waals surface area contributed by atoms with Crippen molar-refractivity contribution in [3.05, 3.63) is 42.2 Å². The molecule has 0 atom stereocenters. The summed E-state index contributed by atoms with van der Waals surface area (Å²) in [6, 6.07) is 3.92. The molecule has 1 saturated heterocycles. The van der Waals surface area contributed by atoms with Gasteiger partial charge < -0.3 is 0 Å². The second-order valence-electron chi connectivity index (χ2n) is 4.90. The molecule has 0 bridgehead atoms. The zero-order chi connectivity index (χ0) is 14.8. The Morgan fingerprint density at radius 3 is 2.50 bits per heavy atom. The van der Waals surface area contributed by atoms with Crippen LogP contribution in [0.2, 0.25) is 0 Å². The maximum Gasteiger partial charge on any atom is 0.243 e. The summed E-state index contributed by atoms with van der Waals surface area (Å²) in [5.74, 6) is -0.389. The summed E-state index contributed by atoms with van der Waals surface area (Å²) in [6.45, 7) is 8.29. The van der Waals surface area contributed by atoms with Crippen LogP contribution in [0.3, 0.4) is 0 Å². The van der Waals surface area contributed by atoms with Crippen molar-refractivity contribution in [2.45, 2.75) is 11.8 Å². The largest absolute Gasteiger partial charge is 0.297 e. The SMILES string of the molecule is C=CCN1CCN(S(=O)(=O)c2ccc(F)c(C)c2)CC1. The third kappa shape index (κ3) is 3.08. The maximum absolute atomic E-state index is 13.2. The topological polar surface area (TPSA) is 40.6 Å². The van der Waals surface area contributed by atoms with E-state index < -0.39 is 10.0 Å². The first kappa shape index (κ1) is 15.2. The summed E-state index contributed by atoms with van der Waals surface area (Å²) in [6.07, 6.45) is 1.81. The van der Waals surface area contributed by atoms with Crippen molar-refractivity contribution in [3.63, 3.8) is 0 Å². The second-order valence-corrected chi connectivity index (χ2v) is 6.84. The van der Waals surface area contributed by atoms with E-state index in [0.29, 0.717) is 31.7 Å². The lowest BCUT2D eigenvalue weighted by Crippen LogP contribution is -2.48. The molecule has 0 saturated carbocycles. The van der Waals surface area contributed by atoms with Crippen molar-refractivity contribution < 1.29 is 12.8 Å². The number of halogens is 1. The number of nitrogens with zero attached hydrogens (tertiary/aromatic N) is 2. The van der Waals surface area contributed by atoms with Crippen molar-refractivity contribution in [2.24, 2.45) is 0 Å². The molecule has 1 aliphatic rings. The summed E-state index contributed by atoms with van der Waals surface area (Å²) in [5.41, 5.74) is 0.344. The Kier molecular flexibility index (Phi) is 4.57. The zero-order valence-corrected chi connectivity index (χ0v) is 12.4. The molecular weight excluding hydrogens is 279 g/mol. The van der Waals surface area contributed by atoms with E-state index >= 15 is 0 Å². The molecule has 0 radical (unpaired) electrons. The van der Waals surface area contributed by atoms with Gasteiger partial charge in [-0.2, -0.15) is 4.31 Å². The van der Waals surface area contributed by atoms with Crippen LogP contribution in [-0.2, 0) is 10.0 Å². The van der Waals surface area contributed by atoms with Gasteiger partial charge in [0.1, 0.15) is 5.82 Å². The monoisotopic (exact) mass is 298 g/mol. The zero-order valence-electron chi connectivity index (χ0n) is 11.5. The third-order valence-corrected chi connectivity index (χ3v) is 5.38. The fraction of sp³-hybridized carbons (Fsp3) is 0.429. The maximum atomic E-state index is 13.2. The van der Waals surface area contributed by atoms with Crippen LogP contribution in [0.25, 0.3) is 0 Å². The average molecular weight is 298 g/mol. The van der Waals surface area contributed by atoms with Gasteiger partial charge in [-0.15, -0.1) is 6.58 Å². The molecule has 1 fully saturated rings. The number of benzene rings is 1. The van der Waals surface area contributed by atoms with E-state index in [0.717, 1.165) is 6.54 Å². The van der Waals surface area contributed by atoms with E-state index in [4.69, 9.17) is 0 Å². The lowest BCUT2D eigenvalue weighted by atomic mass is 10.2. The van der Waals surface area contributed by atoms with Gasteiger partial charge in [-0.25, -0.2) is 12.8 Å². The molecule has 0 aliphatic carbocycles. The highest BCUT2D eigenvalue weighted by molar-refractivity contribution is 7.89. The Hall–Kier alpha value is -1.24. The van der Waals surface area contributed by atoms with Crippen LogP contribution in [-0.4, -0.2) is 50.3 Å². The van der Waals surface area contributed by atoms with Crippen molar-refractivity contribution >= 4 is 10.0 Å². The minimum Gasteiger partial charge on any atom is -0.297 e. The fourth-order valence-electron chi connectivity index (χ4n) is 2.26. The minimum absolute atomic E-state index is 0.161. The van der Waals surface area contributed by atoms with Gasteiger partial charge in [0, 0.05) is 32.7 Å². The third-order valence-electron chi connectivity index (χ3n) is 3.49. The van der Waals surface area contributed by atoms with Crippen LogP contribution < -0.4 is 0 Å². The van der Waals surface area contributed by atoms with Crippen LogP contribution in [0, 0.1) is 12.7 Å². The molecule has 1 aromatic rings. The molecule has 0 unspecified atom stereocenters. The molecule has 1 aliphatic heterocycles. The van der Waals surface area contributed by atoms with Gasteiger partial charge in [-0.05, 0) is 30.7 Å². The molecule has 20 heavy (non-hydrogen) atoms. The van der Waals surface area contributed by atoms with Crippen molar-refractivity contribution in [3.8, 4) is 0 Å². The van der Waals surface area contributed by atoms with Crippen molar-refractivity contribution in [1.82, 2.24) is 9.21 Å². The van der Waals surface area contributed by atoms with Gasteiger partial charge in [0.25, 0.3) is 0 Å². The minimum atomic E-state index is -3.53. The first-order valence-electron chi connectivity index (χ1n) is 6.54. The first-order valence-corrected chi connectivity index (χ1v) is 7.98. The number of sulfonamides is 1. The van der Waals surface area contributed by atoms with E-state index in [-0.39, 0.29) is 10.7 Å². The summed E-state index contributed by atoms with van der Waals surface area (Å²) >= 11 is 0. The normalized spacial score (nSPS) is 18.1. The fourth-order valence-corrected chi connectivity index (χ4v) is 3.77. The van der Waals surface area contributed by atoms with Crippen molar-refractivity contribution in [2.75, 3.05) is 32.7 Å². The quantitative estimate of drug-likeness (QED) is 0.793. The van der Waals surface area contributed by atoms with Crippen LogP contribution in [0.15, 0.2) is 35.7 Å². The summed E-state index contributed by atoms with van der Waals surface area (Å²) in [5, 5.41) is 0. The van der Waals surface area contributed by atoms with Crippen molar-refractivity contribution in [1.29, 1.82) is 0 Å². The molecule has 0 aromatic heterocycles. The van der Waals surface area contributed by atoms with Gasteiger partial charge in [-0.1, -0.05) is 6.08 Å². The van der Waals surface area contributed by atoms with Crippen LogP contribution in [0.5, 0.6) is 0 Å². The number of rotatable bonds is 4. The molecular formula is C14H19FN2O2S. The van der Waals surface area contributed by atoms with Crippen LogP contribution in [0.1, 0.15) is 5.56 Å². The van der Waals surface area contributed by atoms with E-state index in [1.54, 1.807) is 6.92 Å². The van der Waals surface area contributed by atoms with Gasteiger partial charge in [-0.3, -0.25) is 4.90 Å². The average Bonchev–Trinajstić information content (AvgIpc) is 2.43. The predicted molar refractivity (Wildman–Crippen MR) is 76.5 cm³/mol. The first-order chi connectivity index (χ1) is 9.45. The molecule has 1 heterocycles. The van der Waals surface area contributed by atoms with E-state index in [9.17, 15) is 12.8 Å². The number of piperazine rings is 1. The van der Waals surface area contributed by atoms with E-state index in [2.05, 4.69) is 11.5 Å². The van der Waals surface area contributed by atoms with E-state index in [1.807, 2.05) is 6.08 Å². The lowest BCUT2D eigenvalue weighted by Gasteiger charge is -2.33. The Morgan fingerprint density at radius 1 is 1.30 bits per heavy atom. The van der Waals surface area contributed by atoms with Gasteiger partial charge in [0.05, 0.1) is 4.90 Å². The smallest absolute Gasteiger partial charge is 0.243 e. The van der Waals surface area contributed by atoms with Gasteiger partial charge >= 0.3 is 0 Å². The number of hydrogen-bond donors (Lipinski definition) is 0. The molecule has 0 amide bonds. The highest BCUT2D eigenvalue weighted by atomic mass is 32.2. The molecule has 4 nitrogen and oxygen atoms in total. The van der Waals surface area contributed by atoms with Gasteiger partial charge in [0.2, 0.25) is 10.0 Å². The summed E-state index contributed by atoms with van der Waals surface area (Å²) in [4.78, 5) is 2.31. The highest BCUT2D eigenvalue weighted by Crippen LogP contribution is 2.20. The molecule has 0 N–H and O–H groups in total. The highest BCUT2D eigenvalue weighted by Gasteiger charge is 2.28. The molecule has 6 heteroatoms. The molecule has 0 spiro atoms. The lowest BCUT2D eigenvalue weighted by molar-refractivity contribution is 0.204.